The SMILES string of the molecule is O=C1CN(c2ccc(F)cc2)CC2c3ccccc3CCN12. The monoisotopic (exact) mass is 296 g/mol. The first-order valence-corrected chi connectivity index (χ1v) is 7.60. The lowest BCUT2D eigenvalue weighted by molar-refractivity contribution is -0.134. The Morgan fingerprint density at radius 2 is 1.82 bits per heavy atom. The molecule has 0 N–H and O–H groups in total. The van der Waals surface area contributed by atoms with Crippen LogP contribution in [0.4, 0.5) is 10.1 Å². The number of amides is 1. The molecule has 0 spiro atoms. The molecule has 1 amide bonds. The second kappa shape index (κ2) is 5.13. The molecule has 0 aromatic heterocycles. The first kappa shape index (κ1) is 13.3. The fraction of sp³-hybridized carbons (Fsp3) is 0.278. The lowest BCUT2D eigenvalue weighted by Crippen LogP contribution is -2.54. The third-order valence-electron chi connectivity index (χ3n) is 4.64. The molecule has 2 aromatic carbocycles. The maximum atomic E-state index is 13.1. The smallest absolute Gasteiger partial charge is 0.242 e. The molecular formula is C18H17FN2O. The number of benzene rings is 2. The van der Waals surface area contributed by atoms with Crippen molar-refractivity contribution in [2.75, 3.05) is 24.5 Å². The van der Waals surface area contributed by atoms with Crippen LogP contribution in [0.3, 0.4) is 0 Å². The van der Waals surface area contributed by atoms with Crippen molar-refractivity contribution in [2.24, 2.45) is 0 Å². The van der Waals surface area contributed by atoms with Crippen LogP contribution in [0.15, 0.2) is 48.5 Å². The number of rotatable bonds is 1. The van der Waals surface area contributed by atoms with E-state index in [1.165, 1.54) is 23.3 Å². The molecule has 4 heteroatoms. The zero-order valence-electron chi connectivity index (χ0n) is 12.2. The van der Waals surface area contributed by atoms with Gasteiger partial charge in [-0.3, -0.25) is 4.79 Å². The van der Waals surface area contributed by atoms with Crippen LogP contribution in [-0.2, 0) is 11.2 Å². The van der Waals surface area contributed by atoms with E-state index in [0.29, 0.717) is 6.54 Å². The first-order chi connectivity index (χ1) is 10.7. The van der Waals surface area contributed by atoms with Crippen LogP contribution in [0.1, 0.15) is 17.2 Å². The van der Waals surface area contributed by atoms with Crippen LogP contribution in [0.5, 0.6) is 0 Å². The van der Waals surface area contributed by atoms with Crippen LogP contribution in [-0.4, -0.2) is 30.4 Å². The fourth-order valence-corrected chi connectivity index (χ4v) is 3.52. The molecule has 2 heterocycles. The highest BCUT2D eigenvalue weighted by Crippen LogP contribution is 2.34. The van der Waals surface area contributed by atoms with Gasteiger partial charge in [-0.15, -0.1) is 0 Å². The quantitative estimate of drug-likeness (QED) is 0.808. The van der Waals surface area contributed by atoms with Gasteiger partial charge in [-0.05, 0) is 41.8 Å². The minimum atomic E-state index is -0.253. The van der Waals surface area contributed by atoms with Gasteiger partial charge in [0.05, 0.1) is 12.6 Å². The molecule has 2 aliphatic rings. The van der Waals surface area contributed by atoms with Crippen LogP contribution >= 0.6 is 0 Å². The molecule has 112 valence electrons. The molecule has 22 heavy (non-hydrogen) atoms. The van der Waals surface area contributed by atoms with Crippen molar-refractivity contribution in [2.45, 2.75) is 12.5 Å². The Morgan fingerprint density at radius 1 is 1.05 bits per heavy atom. The average Bonchev–Trinajstić information content (AvgIpc) is 2.55. The Morgan fingerprint density at radius 3 is 2.64 bits per heavy atom. The minimum Gasteiger partial charge on any atom is -0.360 e. The third kappa shape index (κ3) is 2.15. The summed E-state index contributed by atoms with van der Waals surface area (Å²) in [6.45, 7) is 1.91. The molecule has 0 bridgehead atoms. The Balaban J connectivity index is 1.68. The van der Waals surface area contributed by atoms with Crippen molar-refractivity contribution in [1.82, 2.24) is 4.90 Å². The lowest BCUT2D eigenvalue weighted by Gasteiger charge is -2.45. The van der Waals surface area contributed by atoms with Gasteiger partial charge in [-0.25, -0.2) is 4.39 Å². The molecule has 3 nitrogen and oxygen atoms in total. The molecule has 1 saturated heterocycles. The normalized spacial score (nSPS) is 20.6. The van der Waals surface area contributed by atoms with E-state index in [1.54, 1.807) is 12.1 Å². The predicted octanol–water partition coefficient (Wildman–Crippen LogP) is 2.77. The van der Waals surface area contributed by atoms with Crippen molar-refractivity contribution in [3.63, 3.8) is 0 Å². The van der Waals surface area contributed by atoms with Gasteiger partial charge in [-0.1, -0.05) is 24.3 Å². The van der Waals surface area contributed by atoms with Gasteiger partial charge in [0.25, 0.3) is 0 Å². The fourth-order valence-electron chi connectivity index (χ4n) is 3.52. The van der Waals surface area contributed by atoms with E-state index >= 15 is 0 Å². The van der Waals surface area contributed by atoms with Crippen molar-refractivity contribution >= 4 is 11.6 Å². The van der Waals surface area contributed by atoms with E-state index in [9.17, 15) is 9.18 Å². The summed E-state index contributed by atoms with van der Waals surface area (Å²) in [6.07, 6.45) is 0.926. The minimum absolute atomic E-state index is 0.0938. The summed E-state index contributed by atoms with van der Waals surface area (Å²) in [4.78, 5) is 16.5. The second-order valence-electron chi connectivity index (χ2n) is 5.91. The van der Waals surface area contributed by atoms with Crippen molar-refractivity contribution in [3.8, 4) is 0 Å². The zero-order chi connectivity index (χ0) is 15.1. The van der Waals surface area contributed by atoms with Gasteiger partial charge >= 0.3 is 0 Å². The van der Waals surface area contributed by atoms with Gasteiger partial charge in [-0.2, -0.15) is 0 Å². The number of halogens is 1. The van der Waals surface area contributed by atoms with Crippen molar-refractivity contribution in [1.29, 1.82) is 0 Å². The predicted molar refractivity (Wildman–Crippen MR) is 83.2 cm³/mol. The number of piperazine rings is 1. The summed E-state index contributed by atoms with van der Waals surface area (Å²) < 4.78 is 13.1. The van der Waals surface area contributed by atoms with Gasteiger partial charge < -0.3 is 9.80 Å². The first-order valence-electron chi connectivity index (χ1n) is 7.60. The summed E-state index contributed by atoms with van der Waals surface area (Å²) in [5.74, 6) is -0.105. The summed E-state index contributed by atoms with van der Waals surface area (Å²) in [7, 11) is 0. The number of carbonyl (C=O) groups excluding carboxylic acids is 1. The van der Waals surface area contributed by atoms with Crippen LogP contribution in [0.25, 0.3) is 0 Å². The maximum absolute atomic E-state index is 13.1. The number of nitrogens with zero attached hydrogens (tertiary/aromatic N) is 2. The summed E-state index contributed by atoms with van der Waals surface area (Å²) in [5, 5.41) is 0. The molecule has 2 aromatic rings. The van der Waals surface area contributed by atoms with Gasteiger partial charge in [0.15, 0.2) is 0 Å². The van der Waals surface area contributed by atoms with Gasteiger partial charge in [0.1, 0.15) is 5.82 Å². The highest BCUT2D eigenvalue weighted by molar-refractivity contribution is 5.84. The van der Waals surface area contributed by atoms with Gasteiger partial charge in [0.2, 0.25) is 5.91 Å². The van der Waals surface area contributed by atoms with E-state index in [-0.39, 0.29) is 17.8 Å². The molecule has 1 atom stereocenters. The average molecular weight is 296 g/mol. The van der Waals surface area contributed by atoms with E-state index in [0.717, 1.165) is 25.2 Å². The number of carbonyl (C=O) groups is 1. The Labute approximate surface area is 129 Å². The summed E-state index contributed by atoms with van der Waals surface area (Å²) >= 11 is 0. The summed E-state index contributed by atoms with van der Waals surface area (Å²) in [5.41, 5.74) is 3.48. The molecule has 0 saturated carbocycles. The number of hydrogen-bond acceptors (Lipinski definition) is 2. The lowest BCUT2D eigenvalue weighted by atomic mass is 9.90. The van der Waals surface area contributed by atoms with Crippen molar-refractivity contribution in [3.05, 3.63) is 65.5 Å². The molecule has 0 radical (unpaired) electrons. The largest absolute Gasteiger partial charge is 0.360 e. The van der Waals surface area contributed by atoms with E-state index in [4.69, 9.17) is 0 Å². The Hall–Kier alpha value is -2.36. The molecule has 1 unspecified atom stereocenters. The molecule has 1 fully saturated rings. The summed E-state index contributed by atoms with van der Waals surface area (Å²) in [6, 6.07) is 14.8. The Kier molecular flexibility index (Phi) is 3.10. The standard InChI is InChI=1S/C18H17FN2O/c19-14-5-7-15(8-6-14)20-11-17-16-4-2-1-3-13(16)9-10-21(17)18(22)12-20/h1-8,17H,9-12H2. The third-order valence-corrected chi connectivity index (χ3v) is 4.64. The molecule has 0 aliphatic carbocycles. The molecule has 2 aliphatic heterocycles. The number of anilines is 1. The van der Waals surface area contributed by atoms with Crippen LogP contribution < -0.4 is 4.90 Å². The van der Waals surface area contributed by atoms with E-state index in [1.807, 2.05) is 15.9 Å². The molecular weight excluding hydrogens is 279 g/mol. The van der Waals surface area contributed by atoms with E-state index < -0.39 is 0 Å². The highest BCUT2D eigenvalue weighted by atomic mass is 19.1. The highest BCUT2D eigenvalue weighted by Gasteiger charge is 2.36. The van der Waals surface area contributed by atoms with Gasteiger partial charge in [0, 0.05) is 18.8 Å². The zero-order valence-corrected chi connectivity index (χ0v) is 12.2. The van der Waals surface area contributed by atoms with Crippen LogP contribution in [0, 0.1) is 5.82 Å². The molecule has 4 rings (SSSR count). The number of fused-ring (bicyclic) bond motifs is 3. The van der Waals surface area contributed by atoms with E-state index in [2.05, 4.69) is 18.2 Å². The number of hydrogen-bond donors (Lipinski definition) is 0. The topological polar surface area (TPSA) is 23.6 Å². The van der Waals surface area contributed by atoms with Crippen molar-refractivity contribution < 1.29 is 9.18 Å². The second-order valence-corrected chi connectivity index (χ2v) is 5.91. The maximum Gasteiger partial charge on any atom is 0.242 e. The Bertz CT molecular complexity index is 713. The van der Waals surface area contributed by atoms with Crippen LogP contribution in [0.2, 0.25) is 0 Å².